The number of benzene rings is 1. The molecule has 0 aliphatic rings. The van der Waals surface area contributed by atoms with Crippen LogP contribution < -0.4 is 10.1 Å². The third-order valence-corrected chi connectivity index (χ3v) is 3.59. The van der Waals surface area contributed by atoms with Gasteiger partial charge in [-0.15, -0.1) is 0 Å². The fraction of sp³-hybridized carbons (Fsp3) is 0.571. The summed E-state index contributed by atoms with van der Waals surface area (Å²) in [5.74, 6) is 0.856. The Morgan fingerprint density at radius 2 is 1.76 bits per heavy atom. The summed E-state index contributed by atoms with van der Waals surface area (Å²) in [6, 6.07) is 7.85. The van der Waals surface area contributed by atoms with Gasteiger partial charge in [-0.25, -0.2) is 0 Å². The van der Waals surface area contributed by atoms with E-state index in [2.05, 4.69) is 19.2 Å². The van der Waals surface area contributed by atoms with Crippen LogP contribution in [-0.2, 0) is 0 Å². The average Bonchev–Trinajstić information content (AvgIpc) is 2.41. The van der Waals surface area contributed by atoms with Crippen LogP contribution in [0.1, 0.15) is 26.7 Å². The minimum Gasteiger partial charge on any atom is -0.497 e. The monoisotopic (exact) mass is 237 g/mol. The first-order valence-corrected chi connectivity index (χ1v) is 6.18. The van der Waals surface area contributed by atoms with Crippen molar-refractivity contribution in [2.24, 2.45) is 5.41 Å². The van der Waals surface area contributed by atoms with Gasteiger partial charge in [-0.3, -0.25) is 0 Å². The molecule has 0 heterocycles. The maximum absolute atomic E-state index is 9.48. The van der Waals surface area contributed by atoms with Crippen molar-refractivity contribution in [1.82, 2.24) is 0 Å². The van der Waals surface area contributed by atoms with Crippen molar-refractivity contribution in [3.63, 3.8) is 0 Å². The van der Waals surface area contributed by atoms with Gasteiger partial charge in [-0.1, -0.05) is 13.8 Å². The number of hydrogen-bond acceptors (Lipinski definition) is 3. The van der Waals surface area contributed by atoms with E-state index in [-0.39, 0.29) is 12.0 Å². The SMILES string of the molecule is CCC(CC)(CO)CNc1ccc(OC)cc1. The van der Waals surface area contributed by atoms with Gasteiger partial charge in [0.05, 0.1) is 13.7 Å². The number of aliphatic hydroxyl groups excluding tert-OH is 1. The van der Waals surface area contributed by atoms with E-state index >= 15 is 0 Å². The van der Waals surface area contributed by atoms with Crippen molar-refractivity contribution >= 4 is 5.69 Å². The lowest BCUT2D eigenvalue weighted by Crippen LogP contribution is -2.32. The summed E-state index contributed by atoms with van der Waals surface area (Å²) in [6.45, 7) is 5.26. The van der Waals surface area contributed by atoms with E-state index in [4.69, 9.17) is 4.74 Å². The van der Waals surface area contributed by atoms with Gasteiger partial charge in [0.15, 0.2) is 0 Å². The second kappa shape index (κ2) is 6.50. The van der Waals surface area contributed by atoms with E-state index in [1.165, 1.54) is 0 Å². The molecule has 1 aromatic carbocycles. The summed E-state index contributed by atoms with van der Waals surface area (Å²) in [7, 11) is 1.66. The van der Waals surface area contributed by atoms with Crippen LogP contribution in [0, 0.1) is 5.41 Å². The number of ether oxygens (including phenoxy) is 1. The summed E-state index contributed by atoms with van der Waals surface area (Å²) in [6.07, 6.45) is 1.95. The molecule has 0 bridgehead atoms. The first-order valence-electron chi connectivity index (χ1n) is 6.18. The fourth-order valence-electron chi connectivity index (χ4n) is 1.78. The van der Waals surface area contributed by atoms with Gasteiger partial charge in [0.1, 0.15) is 5.75 Å². The highest BCUT2D eigenvalue weighted by Gasteiger charge is 2.24. The van der Waals surface area contributed by atoms with E-state index < -0.39 is 0 Å². The minimum absolute atomic E-state index is 0.0140. The summed E-state index contributed by atoms with van der Waals surface area (Å²) < 4.78 is 5.11. The Morgan fingerprint density at radius 3 is 2.18 bits per heavy atom. The molecule has 0 aromatic heterocycles. The van der Waals surface area contributed by atoms with Crippen molar-refractivity contribution in [3.05, 3.63) is 24.3 Å². The Bertz CT molecular complexity index is 309. The number of aliphatic hydroxyl groups is 1. The highest BCUT2D eigenvalue weighted by molar-refractivity contribution is 5.46. The molecule has 0 unspecified atom stereocenters. The molecule has 0 spiro atoms. The predicted molar refractivity (Wildman–Crippen MR) is 71.6 cm³/mol. The van der Waals surface area contributed by atoms with Crippen LogP contribution in [-0.4, -0.2) is 25.4 Å². The number of rotatable bonds is 7. The summed E-state index contributed by atoms with van der Waals surface area (Å²) >= 11 is 0. The van der Waals surface area contributed by atoms with Crippen LogP contribution >= 0.6 is 0 Å². The quantitative estimate of drug-likeness (QED) is 0.766. The third kappa shape index (κ3) is 3.63. The fourth-order valence-corrected chi connectivity index (χ4v) is 1.78. The number of anilines is 1. The highest BCUT2D eigenvalue weighted by atomic mass is 16.5. The maximum Gasteiger partial charge on any atom is 0.119 e. The molecule has 3 nitrogen and oxygen atoms in total. The number of hydrogen-bond donors (Lipinski definition) is 2. The van der Waals surface area contributed by atoms with Crippen molar-refractivity contribution in [3.8, 4) is 5.75 Å². The van der Waals surface area contributed by atoms with Crippen molar-refractivity contribution < 1.29 is 9.84 Å². The van der Waals surface area contributed by atoms with Gasteiger partial charge in [0, 0.05) is 17.6 Å². The Balaban J connectivity index is 2.59. The minimum atomic E-state index is -0.0140. The van der Waals surface area contributed by atoms with Crippen LogP contribution in [0.2, 0.25) is 0 Å². The second-order valence-electron chi connectivity index (χ2n) is 4.45. The molecule has 0 saturated carbocycles. The van der Waals surface area contributed by atoms with Crippen LogP contribution in [0.25, 0.3) is 0 Å². The third-order valence-electron chi connectivity index (χ3n) is 3.59. The van der Waals surface area contributed by atoms with E-state index in [1.54, 1.807) is 7.11 Å². The van der Waals surface area contributed by atoms with Crippen LogP contribution in [0.3, 0.4) is 0 Å². The lowest BCUT2D eigenvalue weighted by atomic mass is 9.83. The molecular weight excluding hydrogens is 214 g/mol. The molecule has 0 radical (unpaired) electrons. The summed E-state index contributed by atoms with van der Waals surface area (Å²) in [4.78, 5) is 0. The number of nitrogens with one attached hydrogen (secondary N) is 1. The Kier molecular flexibility index (Phi) is 5.29. The summed E-state index contributed by atoms with van der Waals surface area (Å²) in [5, 5.41) is 12.9. The lowest BCUT2D eigenvalue weighted by Gasteiger charge is -2.30. The summed E-state index contributed by atoms with van der Waals surface area (Å²) in [5.41, 5.74) is 1.05. The van der Waals surface area contributed by atoms with E-state index in [0.717, 1.165) is 30.8 Å². The maximum atomic E-state index is 9.48. The van der Waals surface area contributed by atoms with Crippen LogP contribution in [0.5, 0.6) is 5.75 Å². The molecule has 96 valence electrons. The van der Waals surface area contributed by atoms with E-state index in [9.17, 15) is 5.11 Å². The molecule has 3 heteroatoms. The van der Waals surface area contributed by atoms with Crippen LogP contribution in [0.4, 0.5) is 5.69 Å². The Labute approximate surface area is 104 Å². The predicted octanol–water partition coefficient (Wildman–Crippen LogP) is 2.91. The molecule has 0 saturated heterocycles. The molecule has 0 aliphatic carbocycles. The highest BCUT2D eigenvalue weighted by Crippen LogP contribution is 2.26. The zero-order valence-corrected chi connectivity index (χ0v) is 11.0. The molecular formula is C14H23NO2. The molecule has 2 N–H and O–H groups in total. The Hall–Kier alpha value is -1.22. The van der Waals surface area contributed by atoms with Crippen molar-refractivity contribution in [2.75, 3.05) is 25.6 Å². The van der Waals surface area contributed by atoms with Gasteiger partial charge in [0.25, 0.3) is 0 Å². The Morgan fingerprint density at radius 1 is 1.18 bits per heavy atom. The van der Waals surface area contributed by atoms with E-state index in [1.807, 2.05) is 24.3 Å². The van der Waals surface area contributed by atoms with Crippen molar-refractivity contribution in [1.29, 1.82) is 0 Å². The molecule has 1 aromatic rings. The van der Waals surface area contributed by atoms with E-state index in [0.29, 0.717) is 0 Å². The number of methoxy groups -OCH3 is 1. The second-order valence-corrected chi connectivity index (χ2v) is 4.45. The van der Waals surface area contributed by atoms with Crippen LogP contribution in [0.15, 0.2) is 24.3 Å². The average molecular weight is 237 g/mol. The molecule has 17 heavy (non-hydrogen) atoms. The zero-order chi connectivity index (χ0) is 12.7. The molecule has 0 atom stereocenters. The molecule has 0 aliphatic heterocycles. The lowest BCUT2D eigenvalue weighted by molar-refractivity contribution is 0.127. The standard InChI is InChI=1S/C14H23NO2/c1-4-14(5-2,11-16)10-15-12-6-8-13(17-3)9-7-12/h6-9,15-16H,4-5,10-11H2,1-3H3. The zero-order valence-electron chi connectivity index (χ0n) is 11.0. The molecule has 0 fully saturated rings. The molecule has 1 rings (SSSR count). The van der Waals surface area contributed by atoms with Crippen molar-refractivity contribution in [2.45, 2.75) is 26.7 Å². The van der Waals surface area contributed by atoms with Gasteiger partial charge in [-0.05, 0) is 37.1 Å². The molecule has 0 amide bonds. The largest absolute Gasteiger partial charge is 0.497 e. The first-order chi connectivity index (χ1) is 8.19. The van der Waals surface area contributed by atoms with Gasteiger partial charge >= 0.3 is 0 Å². The van der Waals surface area contributed by atoms with Gasteiger partial charge < -0.3 is 15.2 Å². The van der Waals surface area contributed by atoms with Gasteiger partial charge in [0.2, 0.25) is 0 Å². The smallest absolute Gasteiger partial charge is 0.119 e. The topological polar surface area (TPSA) is 41.5 Å². The van der Waals surface area contributed by atoms with Gasteiger partial charge in [-0.2, -0.15) is 0 Å². The normalized spacial score (nSPS) is 11.3. The first kappa shape index (κ1) is 13.8.